The summed E-state index contributed by atoms with van der Waals surface area (Å²) in [6.45, 7) is 3.35. The maximum atomic E-state index is 14.2. The molecule has 3 fully saturated rings. The van der Waals surface area contributed by atoms with Gasteiger partial charge in [0.25, 0.3) is 0 Å². The number of rotatable bonds is 7. The molecule has 3 saturated heterocycles. The lowest BCUT2D eigenvalue weighted by atomic mass is 9.96. The Morgan fingerprint density at radius 3 is 2.37 bits per heavy atom. The largest absolute Gasteiger partial charge is 0.430 e. The molecule has 3 aliphatic heterocycles. The molecule has 2 aromatic rings. The quantitative estimate of drug-likeness (QED) is 0.448. The first-order valence-electron chi connectivity index (χ1n) is 14.5. The van der Waals surface area contributed by atoms with Gasteiger partial charge in [-0.2, -0.15) is 17.5 Å². The summed E-state index contributed by atoms with van der Waals surface area (Å²) in [7, 11) is -4.50. The van der Waals surface area contributed by atoms with Gasteiger partial charge < -0.3 is 19.9 Å². The minimum atomic E-state index is -4.58. The van der Waals surface area contributed by atoms with Crippen molar-refractivity contribution in [1.29, 1.82) is 0 Å². The normalized spacial score (nSPS) is 24.3. The molecule has 0 aliphatic carbocycles. The van der Waals surface area contributed by atoms with Crippen molar-refractivity contribution in [2.45, 2.75) is 74.7 Å². The van der Waals surface area contributed by atoms with E-state index in [1.54, 1.807) is 13.8 Å². The predicted octanol–water partition coefficient (Wildman–Crippen LogP) is 3.84. The van der Waals surface area contributed by atoms with Crippen molar-refractivity contribution in [3.05, 3.63) is 63.6 Å². The number of alkyl halides is 3. The van der Waals surface area contributed by atoms with Crippen LogP contribution in [0.25, 0.3) is 0 Å². The molecule has 0 radical (unpaired) electrons. The van der Waals surface area contributed by atoms with Gasteiger partial charge in [0.15, 0.2) is 6.23 Å². The third kappa shape index (κ3) is 6.93. The van der Waals surface area contributed by atoms with Gasteiger partial charge in [-0.25, -0.2) is 13.2 Å². The van der Waals surface area contributed by atoms with Gasteiger partial charge in [0.05, 0.1) is 17.1 Å². The maximum absolute atomic E-state index is 14.2. The van der Waals surface area contributed by atoms with Crippen molar-refractivity contribution in [2.75, 3.05) is 19.6 Å². The fraction of sp³-hybridized carbons (Fsp3) is 0.483. The summed E-state index contributed by atoms with van der Waals surface area (Å²) in [6.07, 6.45) is -6.29. The highest BCUT2D eigenvalue weighted by Crippen LogP contribution is 2.36. The first-order valence-corrected chi connectivity index (χ1v) is 16.7. The number of hydrogen-bond donors (Lipinski definition) is 2. The van der Waals surface area contributed by atoms with Crippen molar-refractivity contribution in [2.24, 2.45) is 0 Å². The number of nitrogens with one attached hydrogen (secondary N) is 2. The summed E-state index contributed by atoms with van der Waals surface area (Å²) in [6, 6.07) is 4.75. The number of nitrogens with zero attached hydrogens (tertiary/aromatic N) is 3. The number of fused-ring (bicyclic) bond motifs is 1. The first-order chi connectivity index (χ1) is 21.6. The predicted molar refractivity (Wildman–Crippen MR) is 161 cm³/mol. The van der Waals surface area contributed by atoms with Gasteiger partial charge in [0, 0.05) is 24.0 Å². The number of halogens is 5. The first kappa shape index (κ1) is 34.2. The van der Waals surface area contributed by atoms with Crippen LogP contribution in [0.5, 0.6) is 0 Å². The zero-order valence-corrected chi connectivity index (χ0v) is 27.1. The number of sulfonamides is 1. The van der Waals surface area contributed by atoms with E-state index in [1.807, 2.05) is 0 Å². The van der Waals surface area contributed by atoms with E-state index in [4.69, 9.17) is 27.9 Å². The molecule has 5 rings (SSSR count). The summed E-state index contributed by atoms with van der Waals surface area (Å²) in [4.78, 5) is 43.1. The Hall–Kier alpha value is -3.11. The van der Waals surface area contributed by atoms with Gasteiger partial charge in [-0.3, -0.25) is 14.9 Å². The minimum absolute atomic E-state index is 0.180. The van der Waals surface area contributed by atoms with Gasteiger partial charge in [-0.1, -0.05) is 35.3 Å². The fourth-order valence-corrected chi connectivity index (χ4v) is 8.23. The number of ether oxygens (including phenoxy) is 1. The van der Waals surface area contributed by atoms with Crippen LogP contribution in [-0.4, -0.2) is 90.6 Å². The van der Waals surface area contributed by atoms with E-state index in [9.17, 15) is 36.0 Å². The summed E-state index contributed by atoms with van der Waals surface area (Å²) < 4.78 is 74.5. The van der Waals surface area contributed by atoms with Crippen LogP contribution in [0.3, 0.4) is 0 Å². The highest BCUT2D eigenvalue weighted by atomic mass is 35.5. The molecule has 4 unspecified atom stereocenters. The number of piperazine rings is 1. The Morgan fingerprint density at radius 2 is 1.78 bits per heavy atom. The van der Waals surface area contributed by atoms with Crippen LogP contribution in [0.2, 0.25) is 10.0 Å². The second-order valence-corrected chi connectivity index (χ2v) is 14.3. The van der Waals surface area contributed by atoms with Crippen LogP contribution in [0.4, 0.5) is 18.0 Å². The van der Waals surface area contributed by atoms with Crippen LogP contribution >= 0.6 is 23.2 Å². The Balaban J connectivity index is 1.56. The monoisotopic (exact) mass is 705 g/mol. The second kappa shape index (κ2) is 13.2. The van der Waals surface area contributed by atoms with Gasteiger partial charge in [0.2, 0.25) is 21.8 Å². The molecular formula is C29H32Cl2F3N5O6S. The molecule has 11 nitrogen and oxygen atoms in total. The second-order valence-electron chi connectivity index (χ2n) is 11.6. The Kier molecular flexibility index (Phi) is 9.81. The molecule has 46 heavy (non-hydrogen) atoms. The number of carbonyl (C=O) groups excluding carboxylic acids is 3. The van der Waals surface area contributed by atoms with Crippen molar-refractivity contribution < 1.29 is 40.7 Å². The smallest absolute Gasteiger partial charge is 0.416 e. The standard InChI is InChI=1S/C29H32Cl2F3N5O6S/c1-16(2)37-15-25-38(46(43,44)23-10-9-19(30)13-20(23)31)14-21(36-28(42)45-24-4-3-11-35-24)26(40)39(25)22(27(37)41)12-17-5-7-18(8-6-17)29(32,33)34/h5-10,13,16,21-22,24-25,35H,3-4,11-12,14-15H2,1-2H3,(H,36,42). The van der Waals surface area contributed by atoms with Gasteiger partial charge >= 0.3 is 12.3 Å². The van der Waals surface area contributed by atoms with E-state index >= 15 is 0 Å². The van der Waals surface area contributed by atoms with Crippen LogP contribution in [0.1, 0.15) is 37.8 Å². The van der Waals surface area contributed by atoms with E-state index < -0.39 is 76.7 Å². The third-order valence-corrected chi connectivity index (χ3v) is 10.8. The van der Waals surface area contributed by atoms with Crippen LogP contribution in [0.15, 0.2) is 47.4 Å². The average molecular weight is 707 g/mol. The maximum Gasteiger partial charge on any atom is 0.416 e. The van der Waals surface area contributed by atoms with Gasteiger partial charge in [-0.15, -0.1) is 0 Å². The Labute approximate surface area is 274 Å². The average Bonchev–Trinajstić information content (AvgIpc) is 3.48. The molecule has 2 N–H and O–H groups in total. The summed E-state index contributed by atoms with van der Waals surface area (Å²) in [5, 5.41) is 5.45. The van der Waals surface area contributed by atoms with Crippen molar-refractivity contribution >= 4 is 51.1 Å². The Morgan fingerprint density at radius 1 is 1.09 bits per heavy atom. The zero-order valence-electron chi connectivity index (χ0n) is 24.8. The summed E-state index contributed by atoms with van der Waals surface area (Å²) >= 11 is 12.3. The summed E-state index contributed by atoms with van der Waals surface area (Å²) in [5.74, 6) is -1.27. The minimum Gasteiger partial charge on any atom is -0.430 e. The van der Waals surface area contributed by atoms with Crippen molar-refractivity contribution in [1.82, 2.24) is 24.7 Å². The lowest BCUT2D eigenvalue weighted by Gasteiger charge is -2.54. The van der Waals surface area contributed by atoms with E-state index in [0.717, 1.165) is 27.8 Å². The lowest BCUT2D eigenvalue weighted by Crippen LogP contribution is -2.76. The molecule has 0 bridgehead atoms. The van der Waals surface area contributed by atoms with E-state index in [2.05, 4.69) is 10.6 Å². The highest BCUT2D eigenvalue weighted by molar-refractivity contribution is 7.89. The number of amides is 3. The van der Waals surface area contributed by atoms with Crippen LogP contribution in [0, 0.1) is 0 Å². The number of carbonyl (C=O) groups is 3. The van der Waals surface area contributed by atoms with Crippen molar-refractivity contribution in [3.63, 3.8) is 0 Å². The Bertz CT molecular complexity index is 1610. The molecule has 17 heteroatoms. The zero-order chi connectivity index (χ0) is 33.6. The molecular weight excluding hydrogens is 674 g/mol. The topological polar surface area (TPSA) is 128 Å². The number of hydrogen-bond acceptors (Lipinski definition) is 7. The molecule has 4 atom stereocenters. The molecule has 0 saturated carbocycles. The number of benzene rings is 2. The van der Waals surface area contributed by atoms with Gasteiger partial charge in [0.1, 0.15) is 23.1 Å². The van der Waals surface area contributed by atoms with E-state index in [-0.39, 0.29) is 27.9 Å². The fourth-order valence-electron chi connectivity index (χ4n) is 5.90. The molecule has 0 aromatic heterocycles. The van der Waals surface area contributed by atoms with Crippen molar-refractivity contribution in [3.8, 4) is 0 Å². The lowest BCUT2D eigenvalue weighted by molar-refractivity contribution is -0.168. The van der Waals surface area contributed by atoms with E-state index in [1.165, 1.54) is 35.2 Å². The highest BCUT2D eigenvalue weighted by Gasteiger charge is 2.54. The van der Waals surface area contributed by atoms with Crippen LogP contribution < -0.4 is 10.6 Å². The summed E-state index contributed by atoms with van der Waals surface area (Å²) in [5.41, 5.74) is -0.584. The molecule has 3 aliphatic rings. The molecule has 2 aromatic carbocycles. The molecule has 3 heterocycles. The number of alkyl carbamates (subject to hydrolysis) is 1. The molecule has 3 amide bonds. The van der Waals surface area contributed by atoms with Gasteiger partial charge in [-0.05, 0) is 69.1 Å². The SMILES string of the molecule is CC(C)N1CC2N(C(=O)C(NC(=O)OC3CCCN3)CN2S(=O)(=O)c2ccc(Cl)cc2Cl)C(Cc2ccc(C(F)(F)F)cc2)C1=O. The van der Waals surface area contributed by atoms with E-state index in [0.29, 0.717) is 18.5 Å². The molecule has 250 valence electrons. The third-order valence-electron chi connectivity index (χ3n) is 8.20. The molecule has 0 spiro atoms. The van der Waals surface area contributed by atoms with Crippen LogP contribution in [-0.2, 0) is 36.9 Å².